The van der Waals surface area contributed by atoms with E-state index >= 15 is 0 Å². The zero-order valence-corrected chi connectivity index (χ0v) is 6.98. The van der Waals surface area contributed by atoms with E-state index < -0.39 is 0 Å². The van der Waals surface area contributed by atoms with Gasteiger partial charge in [-0.2, -0.15) is 0 Å². The van der Waals surface area contributed by atoms with Gasteiger partial charge in [0.25, 0.3) is 0 Å². The van der Waals surface area contributed by atoms with Crippen molar-refractivity contribution in [1.29, 1.82) is 0 Å². The minimum absolute atomic E-state index is 1.19. The Labute approximate surface area is 63.6 Å². The minimum atomic E-state index is 1.19. The van der Waals surface area contributed by atoms with Crippen molar-refractivity contribution in [2.45, 2.75) is 39.5 Å². The summed E-state index contributed by atoms with van der Waals surface area (Å²) in [6.45, 7) is 4.51. The van der Waals surface area contributed by atoms with Gasteiger partial charge in [0.2, 0.25) is 0 Å². The molecule has 0 heteroatoms. The average Bonchev–Trinajstić information content (AvgIpc) is 1.94. The van der Waals surface area contributed by atoms with E-state index in [0.29, 0.717) is 0 Å². The predicted octanol–water partition coefficient (Wildman–Crippen LogP) is 3.45. The molecule has 56 valence electrons. The first kappa shape index (κ1) is 7.59. The number of hydrogen-bond acceptors (Lipinski definition) is 0. The van der Waals surface area contributed by atoms with Crippen molar-refractivity contribution in [3.05, 3.63) is 23.3 Å². The summed E-state index contributed by atoms with van der Waals surface area (Å²) in [5, 5.41) is 0. The van der Waals surface area contributed by atoms with E-state index in [1.54, 1.807) is 11.1 Å². The van der Waals surface area contributed by atoms with Gasteiger partial charge in [-0.25, -0.2) is 0 Å². The van der Waals surface area contributed by atoms with Gasteiger partial charge < -0.3 is 0 Å². The summed E-state index contributed by atoms with van der Waals surface area (Å²) in [6.07, 6.45) is 9.55. The molecule has 0 saturated heterocycles. The van der Waals surface area contributed by atoms with Crippen LogP contribution in [0.5, 0.6) is 0 Å². The third-order valence-electron chi connectivity index (χ3n) is 2.11. The molecular formula is C10H16. The molecular weight excluding hydrogens is 120 g/mol. The Morgan fingerprint density at radius 2 is 2.00 bits per heavy atom. The van der Waals surface area contributed by atoms with Crippen LogP contribution in [0, 0.1) is 0 Å². The van der Waals surface area contributed by atoms with E-state index in [1.165, 1.54) is 25.7 Å². The molecule has 0 bridgehead atoms. The molecule has 0 aromatic heterocycles. The first-order valence-electron chi connectivity index (χ1n) is 4.17. The summed E-state index contributed by atoms with van der Waals surface area (Å²) in [7, 11) is 0. The molecule has 1 aliphatic rings. The third-order valence-corrected chi connectivity index (χ3v) is 2.11. The van der Waals surface area contributed by atoms with E-state index in [1.807, 2.05) is 0 Å². The maximum atomic E-state index is 2.29. The van der Waals surface area contributed by atoms with Crippen molar-refractivity contribution >= 4 is 0 Å². The summed E-state index contributed by atoms with van der Waals surface area (Å²) < 4.78 is 0. The molecule has 0 fully saturated rings. The molecule has 10 heavy (non-hydrogen) atoms. The lowest BCUT2D eigenvalue weighted by molar-refractivity contribution is 0.843. The Balaban J connectivity index is 2.53. The quantitative estimate of drug-likeness (QED) is 0.510. The van der Waals surface area contributed by atoms with Crippen molar-refractivity contribution in [3.63, 3.8) is 0 Å². The molecule has 0 aromatic rings. The predicted molar refractivity (Wildman–Crippen MR) is 46.0 cm³/mol. The van der Waals surface area contributed by atoms with Gasteiger partial charge in [0.05, 0.1) is 0 Å². The van der Waals surface area contributed by atoms with Gasteiger partial charge in [0, 0.05) is 0 Å². The van der Waals surface area contributed by atoms with Crippen LogP contribution in [-0.4, -0.2) is 0 Å². The van der Waals surface area contributed by atoms with Crippen molar-refractivity contribution in [1.82, 2.24) is 0 Å². The molecule has 0 aromatic carbocycles. The van der Waals surface area contributed by atoms with Crippen LogP contribution in [-0.2, 0) is 0 Å². The highest BCUT2D eigenvalue weighted by Gasteiger charge is 2.02. The maximum Gasteiger partial charge on any atom is -0.0136 e. The number of hydrogen-bond donors (Lipinski definition) is 0. The van der Waals surface area contributed by atoms with Crippen molar-refractivity contribution < 1.29 is 0 Å². The van der Waals surface area contributed by atoms with E-state index in [4.69, 9.17) is 0 Å². The Kier molecular flexibility index (Phi) is 2.73. The molecule has 0 saturated carbocycles. The second kappa shape index (κ2) is 3.60. The summed E-state index contributed by atoms with van der Waals surface area (Å²) in [5.41, 5.74) is 3.27. The zero-order valence-electron chi connectivity index (χ0n) is 6.98. The van der Waals surface area contributed by atoms with Gasteiger partial charge in [0.1, 0.15) is 0 Å². The lowest BCUT2D eigenvalue weighted by Gasteiger charge is -2.11. The van der Waals surface area contributed by atoms with Crippen LogP contribution in [0.1, 0.15) is 39.5 Å². The summed E-state index contributed by atoms with van der Waals surface area (Å²) in [4.78, 5) is 0. The van der Waals surface area contributed by atoms with Crippen molar-refractivity contribution in [3.8, 4) is 0 Å². The van der Waals surface area contributed by atoms with Crippen LogP contribution >= 0.6 is 0 Å². The minimum Gasteiger partial charge on any atom is -0.0842 e. The highest BCUT2D eigenvalue weighted by molar-refractivity contribution is 5.22. The highest BCUT2D eigenvalue weighted by Crippen LogP contribution is 2.22. The number of allylic oxidation sites excluding steroid dienone is 4. The first-order valence-corrected chi connectivity index (χ1v) is 4.17. The fourth-order valence-electron chi connectivity index (χ4n) is 1.42. The van der Waals surface area contributed by atoms with Crippen LogP contribution in [0.3, 0.4) is 0 Å². The Bertz CT molecular complexity index is 161. The first-order chi connectivity index (χ1) is 4.84. The van der Waals surface area contributed by atoms with E-state index in [-0.39, 0.29) is 0 Å². The molecule has 1 rings (SSSR count). The molecule has 0 amide bonds. The topological polar surface area (TPSA) is 0 Å². The van der Waals surface area contributed by atoms with E-state index in [9.17, 15) is 0 Å². The average molecular weight is 136 g/mol. The van der Waals surface area contributed by atoms with Crippen LogP contribution in [0.2, 0.25) is 0 Å². The van der Waals surface area contributed by atoms with Crippen LogP contribution < -0.4 is 0 Å². The normalized spacial score (nSPS) is 18.2. The largest absolute Gasteiger partial charge is 0.0842 e. The van der Waals surface area contributed by atoms with Crippen LogP contribution in [0.25, 0.3) is 0 Å². The highest BCUT2D eigenvalue weighted by atomic mass is 14.1. The maximum absolute atomic E-state index is 2.29. The lowest BCUT2D eigenvalue weighted by Crippen LogP contribution is -1.91. The summed E-state index contributed by atoms with van der Waals surface area (Å²) in [5.74, 6) is 0. The molecule has 0 nitrogen and oxygen atoms in total. The second-order valence-electron chi connectivity index (χ2n) is 3.01. The van der Waals surface area contributed by atoms with Gasteiger partial charge in [-0.15, -0.1) is 0 Å². The van der Waals surface area contributed by atoms with Gasteiger partial charge in [-0.05, 0) is 26.2 Å². The lowest BCUT2D eigenvalue weighted by atomic mass is 9.95. The Hall–Kier alpha value is -0.520. The molecule has 0 N–H and O–H groups in total. The van der Waals surface area contributed by atoms with Gasteiger partial charge in [0.15, 0.2) is 0 Å². The second-order valence-corrected chi connectivity index (χ2v) is 3.01. The molecule has 0 unspecified atom stereocenters. The third kappa shape index (κ3) is 1.73. The van der Waals surface area contributed by atoms with E-state index in [2.05, 4.69) is 26.0 Å². The van der Waals surface area contributed by atoms with Gasteiger partial charge in [-0.3, -0.25) is 0 Å². The van der Waals surface area contributed by atoms with Crippen LogP contribution in [0.15, 0.2) is 23.3 Å². The molecule has 1 aliphatic carbocycles. The molecule has 0 spiro atoms. The number of rotatable bonds is 2. The summed E-state index contributed by atoms with van der Waals surface area (Å²) in [6, 6.07) is 0. The standard InChI is InChI=1S/C10H16/c1-3-6-10-8-5-4-7-9(10)2/h4-5H,3,6-8H2,1-2H3. The fourth-order valence-corrected chi connectivity index (χ4v) is 1.42. The summed E-state index contributed by atoms with van der Waals surface area (Å²) >= 11 is 0. The molecule has 0 radical (unpaired) electrons. The van der Waals surface area contributed by atoms with Gasteiger partial charge >= 0.3 is 0 Å². The van der Waals surface area contributed by atoms with E-state index in [0.717, 1.165) is 0 Å². The monoisotopic (exact) mass is 136 g/mol. The Morgan fingerprint density at radius 3 is 2.60 bits per heavy atom. The zero-order chi connectivity index (χ0) is 7.40. The Morgan fingerprint density at radius 1 is 1.30 bits per heavy atom. The van der Waals surface area contributed by atoms with Crippen LogP contribution in [0.4, 0.5) is 0 Å². The van der Waals surface area contributed by atoms with Crippen molar-refractivity contribution in [2.24, 2.45) is 0 Å². The van der Waals surface area contributed by atoms with Crippen molar-refractivity contribution in [2.75, 3.05) is 0 Å². The molecule has 0 heterocycles. The fraction of sp³-hybridized carbons (Fsp3) is 0.600. The van der Waals surface area contributed by atoms with Gasteiger partial charge in [-0.1, -0.05) is 36.6 Å². The SMILES string of the molecule is CCCC1=C(C)CC=CC1. The molecule has 0 aliphatic heterocycles. The molecule has 0 atom stereocenters. The smallest absolute Gasteiger partial charge is 0.0136 e.